The number of amides is 2. The van der Waals surface area contributed by atoms with E-state index in [0.717, 1.165) is 13.0 Å². The van der Waals surface area contributed by atoms with E-state index in [9.17, 15) is 9.59 Å². The van der Waals surface area contributed by atoms with E-state index in [1.165, 1.54) is 42.6 Å². The highest BCUT2D eigenvalue weighted by Gasteiger charge is 2.11. The molecule has 1 aromatic heterocycles. The van der Waals surface area contributed by atoms with Crippen molar-refractivity contribution < 1.29 is 14.7 Å². The molecule has 1 fully saturated rings. The molecule has 116 valence electrons. The maximum Gasteiger partial charge on any atom is 0.355 e. The van der Waals surface area contributed by atoms with Gasteiger partial charge in [0.15, 0.2) is 5.69 Å². The van der Waals surface area contributed by atoms with Crippen LogP contribution in [0.3, 0.4) is 0 Å². The first-order chi connectivity index (χ1) is 10.1. The lowest BCUT2D eigenvalue weighted by Gasteiger charge is -2.14. The van der Waals surface area contributed by atoms with Crippen LogP contribution in [0.4, 0.5) is 4.79 Å². The zero-order valence-corrected chi connectivity index (χ0v) is 12.6. The molecule has 0 atom stereocenters. The second kappa shape index (κ2) is 7.94. The number of carbonyl (C=O) groups excluding carboxylic acids is 1. The van der Waals surface area contributed by atoms with E-state index >= 15 is 0 Å². The van der Waals surface area contributed by atoms with Crippen LogP contribution in [0.15, 0.2) is 5.38 Å². The van der Waals surface area contributed by atoms with E-state index in [1.807, 2.05) is 0 Å². The third-order valence-electron chi connectivity index (χ3n) is 3.31. The fourth-order valence-electron chi connectivity index (χ4n) is 2.22. The van der Waals surface area contributed by atoms with Gasteiger partial charge in [0.25, 0.3) is 0 Å². The van der Waals surface area contributed by atoms with Gasteiger partial charge in [0.05, 0.1) is 6.54 Å². The van der Waals surface area contributed by atoms with Crippen LogP contribution in [0.2, 0.25) is 0 Å². The van der Waals surface area contributed by atoms with Gasteiger partial charge in [-0.2, -0.15) is 0 Å². The predicted octanol–water partition coefficient (Wildman–Crippen LogP) is 1.13. The SMILES string of the molecule is O=C(NCCCN1CCCC1)NCc1nc(C(=O)O)cs1. The Labute approximate surface area is 127 Å². The standard InChI is InChI=1S/C13H20N4O3S/c18-12(19)10-9-21-11(16-10)8-15-13(20)14-4-3-7-17-5-1-2-6-17/h9H,1-8H2,(H,18,19)(H2,14,15,20). The fraction of sp³-hybridized carbons (Fsp3) is 0.615. The number of carboxylic acids is 1. The normalized spacial score (nSPS) is 15.0. The second-order valence-electron chi connectivity index (χ2n) is 4.94. The van der Waals surface area contributed by atoms with Gasteiger partial charge in [-0.1, -0.05) is 0 Å². The van der Waals surface area contributed by atoms with Crippen molar-refractivity contribution in [1.82, 2.24) is 20.5 Å². The van der Waals surface area contributed by atoms with Gasteiger partial charge in [0.2, 0.25) is 0 Å². The lowest BCUT2D eigenvalue weighted by molar-refractivity contribution is 0.0691. The van der Waals surface area contributed by atoms with Crippen molar-refractivity contribution in [3.05, 3.63) is 16.1 Å². The van der Waals surface area contributed by atoms with Crippen molar-refractivity contribution in [3.63, 3.8) is 0 Å². The minimum absolute atomic E-state index is 0.0165. The summed E-state index contributed by atoms with van der Waals surface area (Å²) < 4.78 is 0. The van der Waals surface area contributed by atoms with Crippen LogP contribution >= 0.6 is 11.3 Å². The number of aromatic nitrogens is 1. The first-order valence-corrected chi connectivity index (χ1v) is 7.95. The summed E-state index contributed by atoms with van der Waals surface area (Å²) in [4.78, 5) is 28.6. The van der Waals surface area contributed by atoms with Crippen LogP contribution in [-0.2, 0) is 6.54 Å². The molecular formula is C13H20N4O3S. The molecule has 1 aromatic rings. The molecule has 2 heterocycles. The number of carbonyl (C=O) groups is 2. The van der Waals surface area contributed by atoms with Crippen molar-refractivity contribution in [2.45, 2.75) is 25.8 Å². The number of hydrogen-bond donors (Lipinski definition) is 3. The number of likely N-dealkylation sites (tertiary alicyclic amines) is 1. The van der Waals surface area contributed by atoms with Crippen LogP contribution in [0.5, 0.6) is 0 Å². The van der Waals surface area contributed by atoms with E-state index in [-0.39, 0.29) is 18.3 Å². The molecule has 21 heavy (non-hydrogen) atoms. The van der Waals surface area contributed by atoms with Crippen LogP contribution < -0.4 is 10.6 Å². The van der Waals surface area contributed by atoms with E-state index < -0.39 is 5.97 Å². The number of hydrogen-bond acceptors (Lipinski definition) is 5. The molecule has 0 unspecified atom stereocenters. The molecule has 7 nitrogen and oxygen atoms in total. The Kier molecular flexibility index (Phi) is 5.94. The monoisotopic (exact) mass is 312 g/mol. The summed E-state index contributed by atoms with van der Waals surface area (Å²) in [5.74, 6) is -1.05. The third kappa shape index (κ3) is 5.31. The van der Waals surface area contributed by atoms with Crippen LogP contribution in [0, 0.1) is 0 Å². The zero-order valence-electron chi connectivity index (χ0n) is 11.8. The van der Waals surface area contributed by atoms with Gasteiger partial charge < -0.3 is 20.6 Å². The van der Waals surface area contributed by atoms with Gasteiger partial charge in [-0.15, -0.1) is 11.3 Å². The summed E-state index contributed by atoms with van der Waals surface area (Å²) in [6, 6.07) is -0.247. The summed E-state index contributed by atoms with van der Waals surface area (Å²) in [7, 11) is 0. The van der Waals surface area contributed by atoms with E-state index in [4.69, 9.17) is 5.11 Å². The molecule has 0 bridgehead atoms. The number of rotatable bonds is 7. The quantitative estimate of drug-likeness (QED) is 0.656. The predicted molar refractivity (Wildman–Crippen MR) is 79.6 cm³/mol. The number of nitrogens with one attached hydrogen (secondary N) is 2. The first kappa shape index (κ1) is 15.7. The summed E-state index contributed by atoms with van der Waals surface area (Å²) in [5, 5.41) is 16.3. The lowest BCUT2D eigenvalue weighted by Crippen LogP contribution is -2.36. The van der Waals surface area contributed by atoms with Crippen LogP contribution in [0.25, 0.3) is 0 Å². The Balaban J connectivity index is 1.57. The Morgan fingerprint density at radius 1 is 1.33 bits per heavy atom. The van der Waals surface area contributed by atoms with Crippen molar-refractivity contribution in [1.29, 1.82) is 0 Å². The van der Waals surface area contributed by atoms with E-state index in [0.29, 0.717) is 11.6 Å². The summed E-state index contributed by atoms with van der Waals surface area (Å²) in [6.07, 6.45) is 3.49. The van der Waals surface area contributed by atoms with Gasteiger partial charge in [-0.3, -0.25) is 0 Å². The molecule has 2 rings (SSSR count). The molecule has 8 heteroatoms. The summed E-state index contributed by atoms with van der Waals surface area (Å²) in [5.41, 5.74) is 0.0165. The highest BCUT2D eigenvalue weighted by Crippen LogP contribution is 2.09. The molecule has 0 saturated carbocycles. The van der Waals surface area contributed by atoms with Gasteiger partial charge in [-0.05, 0) is 38.9 Å². The maximum atomic E-state index is 11.6. The topological polar surface area (TPSA) is 94.6 Å². The molecule has 0 aromatic carbocycles. The number of thiazole rings is 1. The average molecular weight is 312 g/mol. The second-order valence-corrected chi connectivity index (χ2v) is 5.89. The maximum absolute atomic E-state index is 11.6. The van der Waals surface area contributed by atoms with E-state index in [1.54, 1.807) is 0 Å². The van der Waals surface area contributed by atoms with Gasteiger partial charge >= 0.3 is 12.0 Å². The van der Waals surface area contributed by atoms with E-state index in [2.05, 4.69) is 20.5 Å². The molecule has 0 radical (unpaired) electrons. The Hall–Kier alpha value is -1.67. The molecule has 1 aliphatic rings. The molecule has 1 aliphatic heterocycles. The number of aromatic carboxylic acids is 1. The van der Waals surface area contributed by atoms with Crippen molar-refractivity contribution in [2.24, 2.45) is 0 Å². The number of urea groups is 1. The lowest BCUT2D eigenvalue weighted by atomic mass is 10.4. The molecule has 1 saturated heterocycles. The van der Waals surface area contributed by atoms with Gasteiger partial charge in [0, 0.05) is 11.9 Å². The fourth-order valence-corrected chi connectivity index (χ4v) is 2.93. The highest BCUT2D eigenvalue weighted by atomic mass is 32.1. The Morgan fingerprint density at radius 3 is 2.76 bits per heavy atom. The molecule has 0 spiro atoms. The molecule has 2 amide bonds. The van der Waals surface area contributed by atoms with Crippen molar-refractivity contribution in [3.8, 4) is 0 Å². The summed E-state index contributed by atoms with van der Waals surface area (Å²) in [6.45, 7) is 4.25. The van der Waals surface area contributed by atoms with Crippen molar-refractivity contribution in [2.75, 3.05) is 26.2 Å². The molecule has 3 N–H and O–H groups in total. The number of carboxylic acid groups (broad SMARTS) is 1. The molecular weight excluding hydrogens is 292 g/mol. The molecule has 0 aliphatic carbocycles. The Bertz CT molecular complexity index is 486. The largest absolute Gasteiger partial charge is 0.476 e. The average Bonchev–Trinajstić information content (AvgIpc) is 3.12. The minimum atomic E-state index is -1.05. The van der Waals surface area contributed by atoms with Crippen LogP contribution in [0.1, 0.15) is 34.8 Å². The Morgan fingerprint density at radius 2 is 2.10 bits per heavy atom. The zero-order chi connectivity index (χ0) is 15.1. The number of nitrogens with zero attached hydrogens (tertiary/aromatic N) is 2. The van der Waals surface area contributed by atoms with Gasteiger partial charge in [0.1, 0.15) is 5.01 Å². The highest BCUT2D eigenvalue weighted by molar-refractivity contribution is 7.09. The smallest absolute Gasteiger partial charge is 0.355 e. The summed E-state index contributed by atoms with van der Waals surface area (Å²) >= 11 is 1.22. The van der Waals surface area contributed by atoms with Crippen LogP contribution in [-0.4, -0.2) is 53.2 Å². The van der Waals surface area contributed by atoms with Gasteiger partial charge in [-0.25, -0.2) is 14.6 Å². The minimum Gasteiger partial charge on any atom is -0.476 e. The third-order valence-corrected chi connectivity index (χ3v) is 4.16. The van der Waals surface area contributed by atoms with Crippen molar-refractivity contribution >= 4 is 23.3 Å². The first-order valence-electron chi connectivity index (χ1n) is 7.07.